The molecule has 0 spiro atoms. The van der Waals surface area contributed by atoms with Crippen molar-refractivity contribution in [3.8, 4) is 0 Å². The lowest BCUT2D eigenvalue weighted by Crippen LogP contribution is -2.24. The lowest BCUT2D eigenvalue weighted by molar-refractivity contribution is 0.0290. The predicted molar refractivity (Wildman–Crippen MR) is 81.1 cm³/mol. The van der Waals surface area contributed by atoms with E-state index in [9.17, 15) is 0 Å². The molecule has 4 rings (SSSR count). The Morgan fingerprint density at radius 3 is 2.90 bits per heavy atom. The Hall–Kier alpha value is -1.80. The fraction of sp³-hybridized carbons (Fsp3) is 0.333. The Kier molecular flexibility index (Phi) is 2.96. The minimum Gasteiger partial charge on any atom is -0.384 e. The second-order valence-electron chi connectivity index (χ2n) is 5.78. The van der Waals surface area contributed by atoms with E-state index in [0.717, 1.165) is 32.4 Å². The average molecular weight is 265 g/mol. The van der Waals surface area contributed by atoms with Crippen molar-refractivity contribution in [3.05, 3.63) is 64.7 Å². The fourth-order valence-corrected chi connectivity index (χ4v) is 3.29. The molecular weight excluding hydrogens is 246 g/mol. The van der Waals surface area contributed by atoms with Crippen LogP contribution in [0.15, 0.2) is 42.5 Å². The topological polar surface area (TPSA) is 21.3 Å². The minimum atomic E-state index is 0.317. The summed E-state index contributed by atoms with van der Waals surface area (Å²) in [5.74, 6) is 0. The standard InChI is InChI=1S/C18H19NO/c1-2-4-16-12-20-17(11-14(16)3-1)10-13-5-6-18-15(9-13)7-8-19-18/h1-6,9,17,19H,7-8,10-12H2. The molecule has 1 atom stereocenters. The van der Waals surface area contributed by atoms with E-state index >= 15 is 0 Å². The minimum absolute atomic E-state index is 0.317. The van der Waals surface area contributed by atoms with Gasteiger partial charge in [-0.1, -0.05) is 36.4 Å². The highest BCUT2D eigenvalue weighted by atomic mass is 16.5. The van der Waals surface area contributed by atoms with Gasteiger partial charge in [-0.05, 0) is 47.6 Å². The van der Waals surface area contributed by atoms with Crippen LogP contribution in [-0.4, -0.2) is 12.6 Å². The lowest BCUT2D eigenvalue weighted by Gasteiger charge is -2.25. The lowest BCUT2D eigenvalue weighted by atomic mass is 9.94. The highest BCUT2D eigenvalue weighted by Gasteiger charge is 2.19. The molecule has 0 saturated heterocycles. The van der Waals surface area contributed by atoms with Gasteiger partial charge in [0.05, 0.1) is 12.7 Å². The number of benzene rings is 2. The van der Waals surface area contributed by atoms with Crippen molar-refractivity contribution in [2.45, 2.75) is 32.0 Å². The monoisotopic (exact) mass is 265 g/mol. The number of anilines is 1. The van der Waals surface area contributed by atoms with Gasteiger partial charge in [0.25, 0.3) is 0 Å². The highest BCUT2D eigenvalue weighted by Crippen LogP contribution is 2.26. The van der Waals surface area contributed by atoms with Gasteiger partial charge in [-0.3, -0.25) is 0 Å². The van der Waals surface area contributed by atoms with Crippen molar-refractivity contribution in [3.63, 3.8) is 0 Å². The van der Waals surface area contributed by atoms with E-state index in [0.29, 0.717) is 6.10 Å². The molecule has 102 valence electrons. The third-order valence-electron chi connectivity index (χ3n) is 4.38. The zero-order valence-electron chi connectivity index (χ0n) is 11.6. The maximum absolute atomic E-state index is 6.01. The van der Waals surface area contributed by atoms with Gasteiger partial charge in [0, 0.05) is 12.2 Å². The molecule has 0 saturated carbocycles. The van der Waals surface area contributed by atoms with Gasteiger partial charge < -0.3 is 10.1 Å². The van der Waals surface area contributed by atoms with Crippen LogP contribution in [0.4, 0.5) is 5.69 Å². The summed E-state index contributed by atoms with van der Waals surface area (Å²) >= 11 is 0. The van der Waals surface area contributed by atoms with Crippen molar-refractivity contribution in [1.29, 1.82) is 0 Å². The summed E-state index contributed by atoms with van der Waals surface area (Å²) in [6.45, 7) is 1.83. The maximum Gasteiger partial charge on any atom is 0.0723 e. The number of rotatable bonds is 2. The van der Waals surface area contributed by atoms with Crippen molar-refractivity contribution in [1.82, 2.24) is 0 Å². The van der Waals surface area contributed by atoms with Gasteiger partial charge in [0.15, 0.2) is 0 Å². The van der Waals surface area contributed by atoms with Crippen LogP contribution in [0.3, 0.4) is 0 Å². The summed E-state index contributed by atoms with van der Waals surface area (Å²) in [5, 5.41) is 3.41. The quantitative estimate of drug-likeness (QED) is 0.899. The van der Waals surface area contributed by atoms with E-state index in [-0.39, 0.29) is 0 Å². The Bertz CT molecular complexity index is 635. The summed E-state index contributed by atoms with van der Waals surface area (Å²) in [6, 6.07) is 15.4. The van der Waals surface area contributed by atoms with Gasteiger partial charge in [0.2, 0.25) is 0 Å². The number of hydrogen-bond donors (Lipinski definition) is 1. The average Bonchev–Trinajstić information content (AvgIpc) is 2.95. The fourth-order valence-electron chi connectivity index (χ4n) is 3.29. The van der Waals surface area contributed by atoms with Crippen molar-refractivity contribution in [2.24, 2.45) is 0 Å². The van der Waals surface area contributed by atoms with Crippen molar-refractivity contribution >= 4 is 5.69 Å². The van der Waals surface area contributed by atoms with E-state index in [4.69, 9.17) is 4.74 Å². The molecule has 2 heterocycles. The first kappa shape index (κ1) is 12.0. The van der Waals surface area contributed by atoms with Crippen LogP contribution >= 0.6 is 0 Å². The molecule has 2 nitrogen and oxygen atoms in total. The van der Waals surface area contributed by atoms with Crippen molar-refractivity contribution in [2.75, 3.05) is 11.9 Å². The van der Waals surface area contributed by atoms with Crippen LogP contribution in [-0.2, 0) is 30.6 Å². The molecule has 1 N–H and O–H groups in total. The van der Waals surface area contributed by atoms with Crippen LogP contribution in [0.25, 0.3) is 0 Å². The SMILES string of the molecule is c1ccc2c(c1)COC(Cc1ccc3c(c1)CCN3)C2. The van der Waals surface area contributed by atoms with Gasteiger partial charge in [0.1, 0.15) is 0 Å². The molecule has 2 aromatic rings. The van der Waals surface area contributed by atoms with Crippen LogP contribution in [0.5, 0.6) is 0 Å². The molecule has 0 amide bonds. The maximum atomic E-state index is 6.01. The third-order valence-corrected chi connectivity index (χ3v) is 4.38. The summed E-state index contributed by atoms with van der Waals surface area (Å²) < 4.78 is 6.01. The summed E-state index contributed by atoms with van der Waals surface area (Å²) in [6.07, 6.45) is 3.52. The zero-order valence-corrected chi connectivity index (χ0v) is 11.6. The molecule has 1 unspecified atom stereocenters. The molecule has 2 aliphatic rings. The van der Waals surface area contributed by atoms with Gasteiger partial charge in [-0.15, -0.1) is 0 Å². The Morgan fingerprint density at radius 2 is 1.95 bits per heavy atom. The third kappa shape index (κ3) is 2.20. The molecule has 0 bridgehead atoms. The van der Waals surface area contributed by atoms with E-state index in [1.54, 1.807) is 0 Å². The van der Waals surface area contributed by atoms with Gasteiger partial charge >= 0.3 is 0 Å². The van der Waals surface area contributed by atoms with Crippen LogP contribution in [0, 0.1) is 0 Å². The van der Waals surface area contributed by atoms with E-state index in [2.05, 4.69) is 47.8 Å². The summed E-state index contributed by atoms with van der Waals surface area (Å²) in [7, 11) is 0. The molecule has 0 aliphatic carbocycles. The molecule has 2 aromatic carbocycles. The molecule has 0 radical (unpaired) electrons. The van der Waals surface area contributed by atoms with E-state index < -0.39 is 0 Å². The summed E-state index contributed by atoms with van der Waals surface area (Å²) in [4.78, 5) is 0. The Morgan fingerprint density at radius 1 is 1.05 bits per heavy atom. The van der Waals surface area contributed by atoms with Crippen LogP contribution in [0.1, 0.15) is 22.3 Å². The Labute approximate surface area is 119 Å². The van der Waals surface area contributed by atoms with E-state index in [1.165, 1.54) is 27.9 Å². The molecule has 0 aromatic heterocycles. The number of ether oxygens (including phenoxy) is 1. The number of hydrogen-bond acceptors (Lipinski definition) is 2. The largest absolute Gasteiger partial charge is 0.384 e. The number of nitrogens with one attached hydrogen (secondary N) is 1. The molecule has 20 heavy (non-hydrogen) atoms. The normalized spacial score (nSPS) is 20.1. The highest BCUT2D eigenvalue weighted by molar-refractivity contribution is 5.56. The van der Waals surface area contributed by atoms with Gasteiger partial charge in [-0.2, -0.15) is 0 Å². The Balaban J connectivity index is 1.50. The second kappa shape index (κ2) is 4.95. The second-order valence-corrected chi connectivity index (χ2v) is 5.78. The van der Waals surface area contributed by atoms with Gasteiger partial charge in [-0.25, -0.2) is 0 Å². The van der Waals surface area contributed by atoms with E-state index in [1.807, 2.05) is 0 Å². The summed E-state index contributed by atoms with van der Waals surface area (Å²) in [5.41, 5.74) is 6.97. The van der Waals surface area contributed by atoms with Crippen LogP contribution in [0.2, 0.25) is 0 Å². The van der Waals surface area contributed by atoms with Crippen molar-refractivity contribution < 1.29 is 4.74 Å². The van der Waals surface area contributed by atoms with Crippen LogP contribution < -0.4 is 5.32 Å². The first-order valence-corrected chi connectivity index (χ1v) is 7.42. The molecular formula is C18H19NO. The first-order chi connectivity index (χ1) is 9.88. The molecule has 2 aliphatic heterocycles. The predicted octanol–water partition coefficient (Wildman–Crippen LogP) is 3.34. The number of fused-ring (bicyclic) bond motifs is 2. The molecule has 0 fully saturated rings. The first-order valence-electron chi connectivity index (χ1n) is 7.42. The smallest absolute Gasteiger partial charge is 0.0723 e. The zero-order chi connectivity index (χ0) is 13.4. The molecule has 2 heteroatoms.